The van der Waals surface area contributed by atoms with Crippen LogP contribution < -0.4 is 0 Å². The number of hydrogen-bond acceptors (Lipinski definition) is 3. The Bertz CT molecular complexity index is 437. The zero-order chi connectivity index (χ0) is 12.3. The third-order valence-electron chi connectivity index (χ3n) is 5.03. The lowest BCUT2D eigenvalue weighted by Crippen LogP contribution is -2.50. The van der Waals surface area contributed by atoms with Gasteiger partial charge in [0.2, 0.25) is 0 Å². The SMILES string of the molecule is CC1(C)c2oncc2C[C@]2(C)CC(O)CC[C@@H]12. The lowest BCUT2D eigenvalue weighted by Gasteiger charge is -2.53. The van der Waals surface area contributed by atoms with Crippen LogP contribution in [0.3, 0.4) is 0 Å². The van der Waals surface area contributed by atoms with Crippen molar-refractivity contribution in [2.45, 2.75) is 58.0 Å². The first-order valence-corrected chi connectivity index (χ1v) is 6.55. The van der Waals surface area contributed by atoms with E-state index in [0.29, 0.717) is 5.92 Å². The second-order valence-corrected chi connectivity index (χ2v) is 6.72. The van der Waals surface area contributed by atoms with Crippen LogP contribution in [0.2, 0.25) is 0 Å². The van der Waals surface area contributed by atoms with Crippen molar-refractivity contribution in [2.24, 2.45) is 11.3 Å². The van der Waals surface area contributed by atoms with Crippen LogP contribution in [0.25, 0.3) is 0 Å². The molecule has 2 aliphatic carbocycles. The topological polar surface area (TPSA) is 46.3 Å². The molecule has 94 valence electrons. The first kappa shape index (κ1) is 11.3. The number of aliphatic hydroxyl groups excluding tert-OH is 1. The van der Waals surface area contributed by atoms with Gasteiger partial charge in [0, 0.05) is 11.0 Å². The molecule has 0 aromatic carbocycles. The first-order chi connectivity index (χ1) is 7.93. The summed E-state index contributed by atoms with van der Waals surface area (Å²) in [7, 11) is 0. The molecular weight excluding hydrogens is 214 g/mol. The largest absolute Gasteiger partial charge is 0.393 e. The molecule has 1 saturated carbocycles. The highest BCUT2D eigenvalue weighted by molar-refractivity contribution is 5.30. The highest BCUT2D eigenvalue weighted by atomic mass is 16.5. The van der Waals surface area contributed by atoms with Gasteiger partial charge in [0.1, 0.15) is 5.76 Å². The van der Waals surface area contributed by atoms with Gasteiger partial charge < -0.3 is 9.63 Å². The molecule has 0 amide bonds. The summed E-state index contributed by atoms with van der Waals surface area (Å²) in [4.78, 5) is 0. The van der Waals surface area contributed by atoms with Crippen LogP contribution in [0.1, 0.15) is 51.4 Å². The van der Waals surface area contributed by atoms with Crippen LogP contribution in [0, 0.1) is 11.3 Å². The van der Waals surface area contributed by atoms with Gasteiger partial charge >= 0.3 is 0 Å². The average molecular weight is 235 g/mol. The monoisotopic (exact) mass is 235 g/mol. The quantitative estimate of drug-likeness (QED) is 0.752. The van der Waals surface area contributed by atoms with E-state index in [2.05, 4.69) is 25.9 Å². The smallest absolute Gasteiger partial charge is 0.145 e. The molecule has 17 heavy (non-hydrogen) atoms. The molecular formula is C14H21NO2. The molecule has 0 bridgehead atoms. The van der Waals surface area contributed by atoms with Gasteiger partial charge in [-0.25, -0.2) is 0 Å². The highest BCUT2D eigenvalue weighted by Gasteiger charge is 2.53. The Morgan fingerprint density at radius 3 is 2.88 bits per heavy atom. The number of aliphatic hydroxyl groups is 1. The minimum atomic E-state index is -0.131. The van der Waals surface area contributed by atoms with Crippen molar-refractivity contribution >= 4 is 0 Å². The number of hydrogen-bond donors (Lipinski definition) is 1. The summed E-state index contributed by atoms with van der Waals surface area (Å²) in [5, 5.41) is 13.9. The van der Waals surface area contributed by atoms with Crippen LogP contribution in [0.5, 0.6) is 0 Å². The van der Waals surface area contributed by atoms with E-state index in [1.165, 1.54) is 5.56 Å². The van der Waals surface area contributed by atoms with Gasteiger partial charge in [-0.2, -0.15) is 0 Å². The van der Waals surface area contributed by atoms with E-state index >= 15 is 0 Å². The number of aromatic nitrogens is 1. The van der Waals surface area contributed by atoms with Crippen molar-refractivity contribution in [1.82, 2.24) is 5.16 Å². The molecule has 1 unspecified atom stereocenters. The Hall–Kier alpha value is -0.830. The summed E-state index contributed by atoms with van der Waals surface area (Å²) in [5.74, 6) is 1.65. The van der Waals surface area contributed by atoms with Gasteiger partial charge in [-0.05, 0) is 37.0 Å². The van der Waals surface area contributed by atoms with Crippen molar-refractivity contribution in [3.05, 3.63) is 17.5 Å². The number of rotatable bonds is 0. The minimum absolute atomic E-state index is 0.0406. The van der Waals surface area contributed by atoms with Gasteiger partial charge in [-0.3, -0.25) is 0 Å². The maximum atomic E-state index is 9.94. The molecule has 3 nitrogen and oxygen atoms in total. The van der Waals surface area contributed by atoms with Gasteiger partial charge in [-0.1, -0.05) is 25.9 Å². The first-order valence-electron chi connectivity index (χ1n) is 6.55. The predicted octanol–water partition coefficient (Wildman–Crippen LogP) is 2.68. The van der Waals surface area contributed by atoms with E-state index in [9.17, 15) is 5.11 Å². The standard InChI is InChI=1S/C14H21NO2/c1-13(2)11-5-4-10(16)7-14(11,3)6-9-8-15-17-12(9)13/h8,10-11,16H,4-7H2,1-3H3/t10?,11-,14+/m0/s1. The van der Waals surface area contributed by atoms with E-state index in [0.717, 1.165) is 31.4 Å². The average Bonchev–Trinajstić information content (AvgIpc) is 2.64. The molecule has 3 heteroatoms. The summed E-state index contributed by atoms with van der Waals surface area (Å²) in [6, 6.07) is 0. The lowest BCUT2D eigenvalue weighted by molar-refractivity contribution is -0.0323. The maximum absolute atomic E-state index is 9.94. The fourth-order valence-electron chi connectivity index (χ4n) is 4.43. The van der Waals surface area contributed by atoms with Gasteiger partial charge in [0.05, 0.1) is 12.3 Å². The van der Waals surface area contributed by atoms with Crippen LogP contribution >= 0.6 is 0 Å². The van der Waals surface area contributed by atoms with Crippen molar-refractivity contribution in [3.8, 4) is 0 Å². The lowest BCUT2D eigenvalue weighted by atomic mass is 9.51. The Labute approximate surface area is 102 Å². The maximum Gasteiger partial charge on any atom is 0.145 e. The molecule has 0 aliphatic heterocycles. The van der Waals surface area contributed by atoms with Crippen molar-refractivity contribution in [2.75, 3.05) is 0 Å². The molecule has 1 aromatic heterocycles. The van der Waals surface area contributed by atoms with Crippen LogP contribution in [-0.4, -0.2) is 16.4 Å². The van der Waals surface area contributed by atoms with Gasteiger partial charge in [-0.15, -0.1) is 0 Å². The Morgan fingerprint density at radius 2 is 2.12 bits per heavy atom. The van der Waals surface area contributed by atoms with E-state index in [1.54, 1.807) is 0 Å². The van der Waals surface area contributed by atoms with Crippen LogP contribution in [0.4, 0.5) is 0 Å². The second-order valence-electron chi connectivity index (χ2n) is 6.72. The predicted molar refractivity (Wildman–Crippen MR) is 64.7 cm³/mol. The second kappa shape index (κ2) is 3.35. The highest BCUT2D eigenvalue weighted by Crippen LogP contribution is 2.56. The minimum Gasteiger partial charge on any atom is -0.393 e. The van der Waals surface area contributed by atoms with E-state index in [-0.39, 0.29) is 16.9 Å². The summed E-state index contributed by atoms with van der Waals surface area (Å²) >= 11 is 0. The van der Waals surface area contributed by atoms with Gasteiger partial charge in [0.15, 0.2) is 0 Å². The molecule has 1 N–H and O–H groups in total. The van der Waals surface area contributed by atoms with Gasteiger partial charge in [0.25, 0.3) is 0 Å². The fourth-order valence-corrected chi connectivity index (χ4v) is 4.43. The summed E-state index contributed by atoms with van der Waals surface area (Å²) < 4.78 is 5.48. The number of nitrogens with zero attached hydrogens (tertiary/aromatic N) is 1. The summed E-state index contributed by atoms with van der Waals surface area (Å²) in [5.41, 5.74) is 1.47. The molecule has 2 aliphatic rings. The molecule has 0 radical (unpaired) electrons. The summed E-state index contributed by atoms with van der Waals surface area (Å²) in [6.45, 7) is 6.84. The zero-order valence-electron chi connectivity index (χ0n) is 10.9. The molecule has 0 spiro atoms. The molecule has 0 saturated heterocycles. The van der Waals surface area contributed by atoms with Crippen LogP contribution in [0.15, 0.2) is 10.7 Å². The number of fused-ring (bicyclic) bond motifs is 2. The molecule has 1 heterocycles. The molecule has 1 aromatic rings. The van der Waals surface area contributed by atoms with E-state index in [1.807, 2.05) is 6.20 Å². The van der Waals surface area contributed by atoms with Crippen molar-refractivity contribution in [1.29, 1.82) is 0 Å². The Morgan fingerprint density at radius 1 is 1.35 bits per heavy atom. The van der Waals surface area contributed by atoms with E-state index < -0.39 is 0 Å². The Balaban J connectivity index is 2.08. The molecule has 3 atom stereocenters. The third kappa shape index (κ3) is 1.48. The molecule has 3 rings (SSSR count). The van der Waals surface area contributed by atoms with Crippen molar-refractivity contribution in [3.63, 3.8) is 0 Å². The normalized spacial score (nSPS) is 39.5. The summed E-state index contributed by atoms with van der Waals surface area (Å²) in [6.07, 6.45) is 5.65. The Kier molecular flexibility index (Phi) is 2.22. The fraction of sp³-hybridized carbons (Fsp3) is 0.786. The third-order valence-corrected chi connectivity index (χ3v) is 5.03. The van der Waals surface area contributed by atoms with E-state index in [4.69, 9.17) is 4.52 Å². The zero-order valence-corrected chi connectivity index (χ0v) is 10.9. The van der Waals surface area contributed by atoms with Crippen LogP contribution in [-0.2, 0) is 11.8 Å². The molecule has 1 fully saturated rings. The van der Waals surface area contributed by atoms with Crippen molar-refractivity contribution < 1.29 is 9.63 Å².